The summed E-state index contributed by atoms with van der Waals surface area (Å²) >= 11 is 2.06. The fraction of sp³-hybridized carbons (Fsp3) is 0.600. The number of hydrogen-bond acceptors (Lipinski definition) is 4. The molecule has 0 aromatic carbocycles. The second-order valence-electron chi connectivity index (χ2n) is 5.65. The lowest BCUT2D eigenvalue weighted by molar-refractivity contribution is 0.0567. The molecular weight excluding hydrogens is 270 g/mol. The number of ether oxygens (including phenoxy) is 1. The van der Waals surface area contributed by atoms with E-state index in [0.717, 1.165) is 48.8 Å². The van der Waals surface area contributed by atoms with Gasteiger partial charge < -0.3 is 4.74 Å². The van der Waals surface area contributed by atoms with E-state index >= 15 is 0 Å². The summed E-state index contributed by atoms with van der Waals surface area (Å²) in [5.74, 6) is 4.49. The minimum atomic E-state index is 0.138. The van der Waals surface area contributed by atoms with E-state index in [1.165, 1.54) is 17.9 Å². The van der Waals surface area contributed by atoms with Crippen molar-refractivity contribution in [3.8, 4) is 0 Å². The molecule has 2 aliphatic rings. The van der Waals surface area contributed by atoms with Crippen molar-refractivity contribution >= 4 is 22.9 Å². The first-order valence-corrected chi connectivity index (χ1v) is 8.58. The van der Waals surface area contributed by atoms with Gasteiger partial charge in [-0.1, -0.05) is 0 Å². The molecule has 0 bridgehead atoms. The number of pyridine rings is 1. The Bertz CT molecular complexity index is 600. The third-order valence-electron chi connectivity index (χ3n) is 4.21. The third-order valence-corrected chi connectivity index (χ3v) is 5.44. The van der Waals surface area contributed by atoms with Crippen LogP contribution in [0.1, 0.15) is 31.3 Å². The topological polar surface area (TPSA) is 39.9 Å². The normalized spacial score (nSPS) is 26.6. The summed E-state index contributed by atoms with van der Waals surface area (Å²) in [6.45, 7) is 0.857. The number of nitrogens with zero attached hydrogens (tertiary/aromatic N) is 3. The zero-order valence-electron chi connectivity index (χ0n) is 11.5. The largest absolute Gasteiger partial charge is 0.358 e. The summed E-state index contributed by atoms with van der Waals surface area (Å²) in [5, 5.41) is 0. The quantitative estimate of drug-likeness (QED) is 0.871. The Hall–Kier alpha value is -1.07. The number of thioether (sulfide) groups is 1. The van der Waals surface area contributed by atoms with Gasteiger partial charge in [0.1, 0.15) is 17.6 Å². The highest BCUT2D eigenvalue weighted by Gasteiger charge is 2.26. The molecule has 106 valence electrons. The van der Waals surface area contributed by atoms with E-state index in [-0.39, 0.29) is 6.23 Å². The van der Waals surface area contributed by atoms with Gasteiger partial charge in [0.15, 0.2) is 5.65 Å². The van der Waals surface area contributed by atoms with Crippen LogP contribution >= 0.6 is 11.8 Å². The first-order chi connectivity index (χ1) is 9.92. The van der Waals surface area contributed by atoms with Gasteiger partial charge in [-0.2, -0.15) is 11.8 Å². The highest BCUT2D eigenvalue weighted by Crippen LogP contribution is 2.32. The first-order valence-electron chi connectivity index (χ1n) is 7.43. The third kappa shape index (κ3) is 2.23. The van der Waals surface area contributed by atoms with Gasteiger partial charge in [0.2, 0.25) is 0 Å². The average Bonchev–Trinajstić information content (AvgIpc) is 3.18. The molecule has 0 amide bonds. The molecule has 20 heavy (non-hydrogen) atoms. The zero-order valence-corrected chi connectivity index (χ0v) is 12.3. The summed E-state index contributed by atoms with van der Waals surface area (Å²) in [5.41, 5.74) is 1.99. The summed E-state index contributed by atoms with van der Waals surface area (Å²) < 4.78 is 8.14. The monoisotopic (exact) mass is 289 g/mol. The van der Waals surface area contributed by atoms with Crippen LogP contribution in [0.2, 0.25) is 0 Å². The predicted octanol–water partition coefficient (Wildman–Crippen LogP) is 3.04. The lowest BCUT2D eigenvalue weighted by Gasteiger charge is -2.16. The maximum absolute atomic E-state index is 5.89. The lowest BCUT2D eigenvalue weighted by atomic mass is 10.1. The summed E-state index contributed by atoms with van der Waals surface area (Å²) in [6, 6.07) is 4.02. The summed E-state index contributed by atoms with van der Waals surface area (Å²) in [4.78, 5) is 9.37. The Kier molecular flexibility index (Phi) is 3.40. The van der Waals surface area contributed by atoms with E-state index in [1.807, 2.05) is 12.3 Å². The van der Waals surface area contributed by atoms with Crippen LogP contribution in [0.3, 0.4) is 0 Å². The molecule has 0 aliphatic carbocycles. The fourth-order valence-electron chi connectivity index (χ4n) is 3.19. The number of hydrogen-bond donors (Lipinski definition) is 0. The Balaban J connectivity index is 1.74. The van der Waals surface area contributed by atoms with Gasteiger partial charge in [0, 0.05) is 19.2 Å². The van der Waals surface area contributed by atoms with Crippen LogP contribution in [0.15, 0.2) is 18.3 Å². The molecule has 5 heteroatoms. The van der Waals surface area contributed by atoms with E-state index in [0.29, 0.717) is 0 Å². The van der Waals surface area contributed by atoms with Crippen molar-refractivity contribution in [2.24, 2.45) is 5.92 Å². The van der Waals surface area contributed by atoms with Crippen molar-refractivity contribution in [2.45, 2.75) is 31.9 Å². The predicted molar refractivity (Wildman–Crippen MR) is 80.9 cm³/mol. The molecule has 2 aliphatic heterocycles. The zero-order chi connectivity index (χ0) is 13.4. The van der Waals surface area contributed by atoms with Crippen LogP contribution in [0.25, 0.3) is 11.2 Å². The van der Waals surface area contributed by atoms with Gasteiger partial charge in [0.25, 0.3) is 0 Å². The minimum absolute atomic E-state index is 0.138. The van der Waals surface area contributed by atoms with Crippen LogP contribution in [-0.2, 0) is 11.2 Å². The van der Waals surface area contributed by atoms with E-state index < -0.39 is 0 Å². The van der Waals surface area contributed by atoms with Crippen LogP contribution in [0.4, 0.5) is 0 Å². The number of fused-ring (bicyclic) bond motifs is 1. The van der Waals surface area contributed by atoms with Crippen molar-refractivity contribution < 1.29 is 4.74 Å². The van der Waals surface area contributed by atoms with Crippen molar-refractivity contribution in [2.75, 3.05) is 18.1 Å². The van der Waals surface area contributed by atoms with Gasteiger partial charge >= 0.3 is 0 Å². The number of imidazole rings is 1. The molecule has 4 nitrogen and oxygen atoms in total. The van der Waals surface area contributed by atoms with Crippen molar-refractivity contribution in [3.63, 3.8) is 0 Å². The van der Waals surface area contributed by atoms with Gasteiger partial charge in [-0.3, -0.25) is 4.57 Å². The van der Waals surface area contributed by atoms with Crippen LogP contribution in [0.5, 0.6) is 0 Å². The minimum Gasteiger partial charge on any atom is -0.358 e. The van der Waals surface area contributed by atoms with Crippen molar-refractivity contribution in [1.82, 2.24) is 14.5 Å². The SMILES string of the molecule is c1cnc2c(c1)nc(CC1CCSC1)n2C1CCCO1. The molecule has 2 atom stereocenters. The molecule has 4 rings (SSSR count). The highest BCUT2D eigenvalue weighted by atomic mass is 32.2. The molecule has 2 unspecified atom stereocenters. The average molecular weight is 289 g/mol. The van der Waals surface area contributed by atoms with E-state index in [9.17, 15) is 0 Å². The Morgan fingerprint density at radius 2 is 2.40 bits per heavy atom. The molecular formula is C15H19N3OS. The lowest BCUT2D eigenvalue weighted by Crippen LogP contribution is -2.15. The second-order valence-corrected chi connectivity index (χ2v) is 6.80. The maximum Gasteiger partial charge on any atom is 0.162 e. The van der Waals surface area contributed by atoms with Gasteiger partial charge in [-0.05, 0) is 48.8 Å². The van der Waals surface area contributed by atoms with Crippen LogP contribution in [0, 0.1) is 5.92 Å². The molecule has 2 aromatic rings. The molecule has 2 fully saturated rings. The smallest absolute Gasteiger partial charge is 0.162 e. The fourth-order valence-corrected chi connectivity index (χ4v) is 4.47. The highest BCUT2D eigenvalue weighted by molar-refractivity contribution is 7.99. The first kappa shape index (κ1) is 12.7. The van der Waals surface area contributed by atoms with Gasteiger partial charge in [0.05, 0.1) is 0 Å². The second kappa shape index (κ2) is 5.37. The standard InChI is InChI=1S/C15H19N3OS/c1-3-12-15(16-6-1)18(14-4-2-7-19-14)13(17-12)9-11-5-8-20-10-11/h1,3,6,11,14H,2,4-5,7-10H2. The van der Waals surface area contributed by atoms with E-state index in [2.05, 4.69) is 27.4 Å². The molecule has 4 heterocycles. The molecule has 2 aromatic heterocycles. The molecule has 0 saturated carbocycles. The van der Waals surface area contributed by atoms with Crippen LogP contribution < -0.4 is 0 Å². The van der Waals surface area contributed by atoms with Gasteiger partial charge in [-0.15, -0.1) is 0 Å². The van der Waals surface area contributed by atoms with Gasteiger partial charge in [-0.25, -0.2) is 9.97 Å². The summed E-state index contributed by atoms with van der Waals surface area (Å²) in [6.07, 6.45) is 6.57. The molecule has 0 N–H and O–H groups in total. The molecule has 0 radical (unpaired) electrons. The number of rotatable bonds is 3. The van der Waals surface area contributed by atoms with E-state index in [4.69, 9.17) is 9.72 Å². The van der Waals surface area contributed by atoms with Crippen LogP contribution in [-0.4, -0.2) is 32.6 Å². The maximum atomic E-state index is 5.89. The Morgan fingerprint density at radius 3 is 3.20 bits per heavy atom. The van der Waals surface area contributed by atoms with Crippen molar-refractivity contribution in [3.05, 3.63) is 24.2 Å². The van der Waals surface area contributed by atoms with E-state index in [1.54, 1.807) is 0 Å². The molecule has 0 spiro atoms. The summed E-state index contributed by atoms with van der Waals surface area (Å²) in [7, 11) is 0. The Labute approximate surface area is 122 Å². The molecule has 2 saturated heterocycles. The Morgan fingerprint density at radius 1 is 1.40 bits per heavy atom. The van der Waals surface area contributed by atoms with Crippen molar-refractivity contribution in [1.29, 1.82) is 0 Å². The number of aromatic nitrogens is 3.